The van der Waals surface area contributed by atoms with Gasteiger partial charge in [0.1, 0.15) is 11.6 Å². The Morgan fingerprint density at radius 1 is 1.29 bits per heavy atom. The van der Waals surface area contributed by atoms with Gasteiger partial charge in [0.15, 0.2) is 5.16 Å². The van der Waals surface area contributed by atoms with Crippen LogP contribution in [0, 0.1) is 5.82 Å². The molecule has 24 heavy (non-hydrogen) atoms. The Bertz CT molecular complexity index is 729. The number of benzene rings is 1. The summed E-state index contributed by atoms with van der Waals surface area (Å²) < 4.78 is 21.2. The third-order valence-corrected chi connectivity index (χ3v) is 5.84. The quantitative estimate of drug-likeness (QED) is 0.708. The minimum Gasteiger partial charge on any atom is -0.376 e. The van der Waals surface area contributed by atoms with E-state index in [0.29, 0.717) is 16.7 Å². The topological polar surface area (TPSA) is 39.9 Å². The molecule has 4 nitrogen and oxygen atoms in total. The summed E-state index contributed by atoms with van der Waals surface area (Å²) in [5.74, 6) is 1.96. The molecule has 1 atom stereocenters. The molecule has 0 radical (unpaired) electrons. The molecular formula is C17H19ClFN3OS. The van der Waals surface area contributed by atoms with E-state index in [9.17, 15) is 4.39 Å². The van der Waals surface area contributed by atoms with Gasteiger partial charge in [-0.2, -0.15) is 0 Å². The number of aromatic nitrogens is 3. The average molecular weight is 368 g/mol. The molecule has 0 spiro atoms. The van der Waals surface area contributed by atoms with Crippen LogP contribution in [0.15, 0.2) is 23.4 Å². The van der Waals surface area contributed by atoms with Gasteiger partial charge in [0.05, 0.1) is 12.6 Å². The standard InChI is InChI=1S/C17H19ClFN3OS/c18-15-8-13(19)6-5-12(15)10-24-17-21-20-16(11-3-4-11)22(17)9-14-2-1-7-23-14/h5-6,8,11,14H,1-4,7,9-10H2. The van der Waals surface area contributed by atoms with E-state index in [1.165, 1.54) is 25.0 Å². The van der Waals surface area contributed by atoms with E-state index in [1.54, 1.807) is 17.8 Å². The van der Waals surface area contributed by atoms with Crippen LogP contribution in [0.5, 0.6) is 0 Å². The lowest BCUT2D eigenvalue weighted by atomic mass is 10.2. The highest BCUT2D eigenvalue weighted by molar-refractivity contribution is 7.98. The number of rotatable bonds is 6. The van der Waals surface area contributed by atoms with Crippen molar-refractivity contribution in [2.24, 2.45) is 0 Å². The molecule has 1 aliphatic carbocycles. The predicted molar refractivity (Wildman–Crippen MR) is 91.9 cm³/mol. The maximum atomic E-state index is 13.2. The van der Waals surface area contributed by atoms with Crippen molar-refractivity contribution in [1.82, 2.24) is 14.8 Å². The maximum absolute atomic E-state index is 13.2. The van der Waals surface area contributed by atoms with Crippen LogP contribution < -0.4 is 0 Å². The number of halogens is 2. The zero-order valence-electron chi connectivity index (χ0n) is 13.3. The Hall–Kier alpha value is -1.11. The van der Waals surface area contributed by atoms with Gasteiger partial charge in [-0.25, -0.2) is 4.39 Å². The summed E-state index contributed by atoms with van der Waals surface area (Å²) in [5, 5.41) is 10.1. The first-order valence-electron chi connectivity index (χ1n) is 8.32. The third-order valence-electron chi connectivity index (χ3n) is 4.47. The number of nitrogens with zero attached hydrogens (tertiary/aromatic N) is 3. The summed E-state index contributed by atoms with van der Waals surface area (Å²) in [6.45, 7) is 1.66. The van der Waals surface area contributed by atoms with Crippen molar-refractivity contribution in [3.05, 3.63) is 40.4 Å². The highest BCUT2D eigenvalue weighted by atomic mass is 35.5. The molecule has 0 amide bonds. The Balaban J connectivity index is 1.51. The summed E-state index contributed by atoms with van der Waals surface area (Å²) in [7, 11) is 0. The van der Waals surface area contributed by atoms with E-state index in [0.717, 1.165) is 42.5 Å². The van der Waals surface area contributed by atoms with E-state index >= 15 is 0 Å². The lowest BCUT2D eigenvalue weighted by Crippen LogP contribution is -2.17. The second-order valence-corrected chi connectivity index (χ2v) is 7.73. The lowest BCUT2D eigenvalue weighted by molar-refractivity contribution is 0.0942. The van der Waals surface area contributed by atoms with E-state index in [-0.39, 0.29) is 11.9 Å². The summed E-state index contributed by atoms with van der Waals surface area (Å²) in [6, 6.07) is 4.52. The van der Waals surface area contributed by atoms with Crippen molar-refractivity contribution >= 4 is 23.4 Å². The molecule has 1 saturated carbocycles. The molecule has 4 rings (SSSR count). The molecule has 2 aliphatic rings. The van der Waals surface area contributed by atoms with Crippen LogP contribution in [0.25, 0.3) is 0 Å². The average Bonchev–Trinajstić information content (AvgIpc) is 3.13. The van der Waals surface area contributed by atoms with Crippen LogP contribution in [0.2, 0.25) is 5.02 Å². The van der Waals surface area contributed by atoms with Crippen LogP contribution >= 0.6 is 23.4 Å². The maximum Gasteiger partial charge on any atom is 0.191 e. The van der Waals surface area contributed by atoms with Gasteiger partial charge in [-0.15, -0.1) is 10.2 Å². The molecule has 0 N–H and O–H groups in total. The summed E-state index contributed by atoms with van der Waals surface area (Å²) in [5.41, 5.74) is 0.905. The molecule has 7 heteroatoms. The van der Waals surface area contributed by atoms with Gasteiger partial charge in [-0.05, 0) is 43.4 Å². The van der Waals surface area contributed by atoms with Crippen molar-refractivity contribution in [3.8, 4) is 0 Å². The minimum absolute atomic E-state index is 0.257. The van der Waals surface area contributed by atoms with Gasteiger partial charge in [0.2, 0.25) is 0 Å². The Kier molecular flexibility index (Phi) is 4.79. The van der Waals surface area contributed by atoms with Gasteiger partial charge < -0.3 is 9.30 Å². The van der Waals surface area contributed by atoms with E-state index in [2.05, 4.69) is 14.8 Å². The number of hydrogen-bond acceptors (Lipinski definition) is 4. The van der Waals surface area contributed by atoms with Crippen molar-refractivity contribution in [2.75, 3.05) is 6.61 Å². The second kappa shape index (κ2) is 7.02. The van der Waals surface area contributed by atoms with E-state index in [4.69, 9.17) is 16.3 Å². The van der Waals surface area contributed by atoms with Crippen LogP contribution in [-0.4, -0.2) is 27.5 Å². The number of ether oxygens (including phenoxy) is 1. The van der Waals surface area contributed by atoms with Crippen LogP contribution in [0.3, 0.4) is 0 Å². The summed E-state index contributed by atoms with van der Waals surface area (Å²) in [6.07, 6.45) is 4.86. The summed E-state index contributed by atoms with van der Waals surface area (Å²) >= 11 is 7.72. The zero-order valence-corrected chi connectivity index (χ0v) is 14.8. The Labute approximate surface area is 149 Å². The van der Waals surface area contributed by atoms with Crippen molar-refractivity contribution < 1.29 is 9.13 Å². The Morgan fingerprint density at radius 2 is 2.17 bits per heavy atom. The molecule has 2 fully saturated rings. The lowest BCUT2D eigenvalue weighted by Gasteiger charge is -2.14. The smallest absolute Gasteiger partial charge is 0.191 e. The van der Waals surface area contributed by atoms with Crippen LogP contribution in [0.1, 0.15) is 43.0 Å². The molecule has 1 aromatic carbocycles. The molecule has 0 bridgehead atoms. The van der Waals surface area contributed by atoms with Crippen molar-refractivity contribution in [1.29, 1.82) is 0 Å². The molecule has 1 aliphatic heterocycles. The van der Waals surface area contributed by atoms with E-state index in [1.807, 2.05) is 0 Å². The highest BCUT2D eigenvalue weighted by Gasteiger charge is 2.31. The van der Waals surface area contributed by atoms with Crippen LogP contribution in [0.4, 0.5) is 4.39 Å². The molecule has 1 saturated heterocycles. The van der Waals surface area contributed by atoms with Crippen LogP contribution in [-0.2, 0) is 17.0 Å². The minimum atomic E-state index is -0.314. The van der Waals surface area contributed by atoms with Gasteiger partial charge in [-0.1, -0.05) is 29.4 Å². The summed E-state index contributed by atoms with van der Waals surface area (Å²) in [4.78, 5) is 0. The number of hydrogen-bond donors (Lipinski definition) is 0. The third kappa shape index (κ3) is 3.60. The van der Waals surface area contributed by atoms with E-state index < -0.39 is 0 Å². The predicted octanol–water partition coefficient (Wildman–Crippen LogP) is 4.42. The zero-order chi connectivity index (χ0) is 16.5. The SMILES string of the molecule is Fc1ccc(CSc2nnc(C3CC3)n2CC2CCCO2)c(Cl)c1. The first-order chi connectivity index (χ1) is 11.7. The first kappa shape index (κ1) is 16.4. The Morgan fingerprint density at radius 3 is 2.88 bits per heavy atom. The molecular weight excluding hydrogens is 349 g/mol. The highest BCUT2D eigenvalue weighted by Crippen LogP contribution is 2.40. The fourth-order valence-electron chi connectivity index (χ4n) is 2.99. The molecule has 128 valence electrons. The largest absolute Gasteiger partial charge is 0.376 e. The molecule has 2 heterocycles. The first-order valence-corrected chi connectivity index (χ1v) is 9.68. The van der Waals surface area contributed by atoms with Crippen molar-refractivity contribution in [2.45, 2.75) is 55.2 Å². The van der Waals surface area contributed by atoms with Gasteiger partial charge in [0, 0.05) is 23.3 Å². The van der Waals surface area contributed by atoms with Crippen molar-refractivity contribution in [3.63, 3.8) is 0 Å². The monoisotopic (exact) mass is 367 g/mol. The van der Waals surface area contributed by atoms with Gasteiger partial charge in [0.25, 0.3) is 0 Å². The molecule has 2 aromatic rings. The molecule has 1 unspecified atom stereocenters. The fraction of sp³-hybridized carbons (Fsp3) is 0.529. The normalized spacial score (nSPS) is 20.7. The van der Waals surface area contributed by atoms with Gasteiger partial charge >= 0.3 is 0 Å². The number of thioether (sulfide) groups is 1. The van der Waals surface area contributed by atoms with Gasteiger partial charge in [-0.3, -0.25) is 0 Å². The second-order valence-electron chi connectivity index (χ2n) is 6.39. The fourth-order valence-corrected chi connectivity index (χ4v) is 4.27. The molecule has 1 aromatic heterocycles.